The van der Waals surface area contributed by atoms with Crippen LogP contribution in [0, 0.1) is 11.3 Å². The van der Waals surface area contributed by atoms with Gasteiger partial charge in [-0.15, -0.1) is 0 Å². The van der Waals surface area contributed by atoms with Crippen LogP contribution in [0.1, 0.15) is 29.8 Å². The maximum absolute atomic E-state index is 13.1. The molecule has 1 fully saturated rings. The lowest BCUT2D eigenvalue weighted by molar-refractivity contribution is -0.137. The van der Waals surface area contributed by atoms with E-state index >= 15 is 0 Å². The molecule has 1 saturated heterocycles. The molecule has 45 heavy (non-hydrogen) atoms. The fraction of sp³-hybridized carbons (Fsp3) is 0.276. The number of anilines is 2. The Labute approximate surface area is 257 Å². The molecule has 4 atom stereocenters. The predicted octanol–water partition coefficient (Wildman–Crippen LogP) is 1.83. The minimum absolute atomic E-state index is 0.0636. The van der Waals surface area contributed by atoms with Crippen LogP contribution in [-0.2, 0) is 18.6 Å². The van der Waals surface area contributed by atoms with Crippen molar-refractivity contribution in [1.29, 1.82) is 5.26 Å². The number of phosphoric ester groups is 1. The molecule has 0 saturated carbocycles. The molecule has 0 bridgehead atoms. The van der Waals surface area contributed by atoms with Crippen molar-refractivity contribution < 1.29 is 33.5 Å². The quantitative estimate of drug-likeness (QED) is 0.117. The number of rotatable bonds is 11. The highest BCUT2D eigenvalue weighted by Gasteiger charge is 2.51. The maximum Gasteiger partial charge on any atom is 0.470 e. The molecule has 0 spiro atoms. The molecule has 3 heterocycles. The number of carbonyl (C=O) groups excluding carboxylic acids is 1. The van der Waals surface area contributed by atoms with Gasteiger partial charge in [-0.3, -0.25) is 13.9 Å². The Kier molecular flexibility index (Phi) is 9.54. The minimum Gasteiger partial charge on any atom is -0.387 e. The maximum atomic E-state index is 13.1. The fourth-order valence-corrected chi connectivity index (χ4v) is 5.51. The van der Waals surface area contributed by atoms with Crippen LogP contribution in [0.5, 0.6) is 0 Å². The Morgan fingerprint density at radius 3 is 2.44 bits per heavy atom. The average molecular weight is 635 g/mol. The summed E-state index contributed by atoms with van der Waals surface area (Å²) in [5.74, 6) is -0.629. The lowest BCUT2D eigenvalue weighted by Crippen LogP contribution is -2.45. The third kappa shape index (κ3) is 7.35. The summed E-state index contributed by atoms with van der Waals surface area (Å²) >= 11 is 0. The Bertz CT molecular complexity index is 1770. The van der Waals surface area contributed by atoms with Crippen LogP contribution >= 0.6 is 7.82 Å². The highest BCUT2D eigenvalue weighted by molar-refractivity contribution is 7.46. The fourth-order valence-electron chi connectivity index (χ4n) is 4.96. The molecule has 6 N–H and O–H groups in total. The smallest absolute Gasteiger partial charge is 0.387 e. The molecule has 1 aliphatic rings. The third-order valence-corrected chi connectivity index (χ3v) is 7.74. The van der Waals surface area contributed by atoms with Gasteiger partial charge in [0.1, 0.15) is 24.1 Å². The molecule has 0 radical (unpaired) electrons. The topological polar surface area (TPSA) is 222 Å². The Morgan fingerprint density at radius 1 is 1.16 bits per heavy atom. The molecule has 0 aliphatic carbocycles. The molecule has 1 aliphatic heterocycles. The number of nitrogen functional groups attached to an aromatic ring is 1. The van der Waals surface area contributed by atoms with Crippen molar-refractivity contribution in [2.24, 2.45) is 0 Å². The van der Waals surface area contributed by atoms with E-state index in [9.17, 15) is 24.3 Å². The summed E-state index contributed by atoms with van der Waals surface area (Å²) < 4.78 is 23.6. The molecule has 2 aromatic heterocycles. The summed E-state index contributed by atoms with van der Waals surface area (Å²) in [6.45, 7) is 3.24. The molecule has 16 heteroatoms. The summed E-state index contributed by atoms with van der Waals surface area (Å²) in [6, 6.07) is 17.3. The van der Waals surface area contributed by atoms with Crippen molar-refractivity contribution in [2.75, 3.05) is 30.3 Å². The Morgan fingerprint density at radius 2 is 1.82 bits per heavy atom. The normalized spacial score (nSPS) is 20.0. The zero-order valence-corrected chi connectivity index (χ0v) is 24.9. The summed E-state index contributed by atoms with van der Waals surface area (Å²) in [5.41, 5.74) is 9.70. The Hall–Kier alpha value is -4.68. The lowest BCUT2D eigenvalue weighted by atomic mass is 10.1. The van der Waals surface area contributed by atoms with Gasteiger partial charge >= 0.3 is 7.82 Å². The number of aliphatic hydroxyl groups excluding tert-OH is 1. The molecule has 5 rings (SSSR count). The van der Waals surface area contributed by atoms with Crippen molar-refractivity contribution in [1.82, 2.24) is 24.8 Å². The van der Waals surface area contributed by atoms with E-state index in [-0.39, 0.29) is 23.5 Å². The van der Waals surface area contributed by atoms with Gasteiger partial charge in [-0.25, -0.2) is 19.5 Å². The predicted molar refractivity (Wildman–Crippen MR) is 164 cm³/mol. The number of nitriles is 1. The van der Waals surface area contributed by atoms with Crippen molar-refractivity contribution in [3.8, 4) is 6.07 Å². The first-order chi connectivity index (χ1) is 21.6. The van der Waals surface area contributed by atoms with Gasteiger partial charge < -0.3 is 35.6 Å². The number of hydrogen-bond donors (Lipinski definition) is 5. The van der Waals surface area contributed by atoms with Crippen LogP contribution in [0.15, 0.2) is 61.2 Å². The number of nitrogens with zero attached hydrogens (tertiary/aromatic N) is 6. The third-order valence-electron chi connectivity index (χ3n) is 7.22. The number of hydrogen-bond acceptors (Lipinski definition) is 11. The number of ether oxygens (including phenoxy) is 1. The van der Waals surface area contributed by atoms with Crippen LogP contribution in [-0.4, -0.2) is 78.3 Å². The van der Waals surface area contributed by atoms with Crippen LogP contribution in [0.25, 0.3) is 23.3 Å². The van der Waals surface area contributed by atoms with E-state index < -0.39 is 38.3 Å². The Balaban J connectivity index is 1.21. The summed E-state index contributed by atoms with van der Waals surface area (Å²) in [6.07, 6.45) is 0.112. The summed E-state index contributed by atoms with van der Waals surface area (Å²) in [7, 11) is -5.10. The number of aliphatic hydroxyl groups is 1. The van der Waals surface area contributed by atoms with Gasteiger partial charge in [-0.2, -0.15) is 5.26 Å². The molecular weight excluding hydrogens is 603 g/mol. The van der Waals surface area contributed by atoms with Gasteiger partial charge in [0, 0.05) is 25.3 Å². The van der Waals surface area contributed by atoms with Gasteiger partial charge in [0.05, 0.1) is 18.0 Å². The first-order valence-corrected chi connectivity index (χ1v) is 15.4. The minimum atomic E-state index is -5.10. The molecule has 234 valence electrons. The first kappa shape index (κ1) is 31.7. The second kappa shape index (κ2) is 13.5. The van der Waals surface area contributed by atoms with E-state index in [2.05, 4.69) is 26.3 Å². The number of aromatic nitrogens is 4. The standard InChI is InChI=1S/C29H31N8O7P/c1-2-36(21-11-9-19(10-12-21)4-3-18-5-7-20(15-30)8-6-18)14-13-32-28(39)24-23(38)25(44-45(40,41)42)29(43-24)37-17-35-22-26(31)33-16-34-27(22)37/h3-12,16-17,23-25,29,38H,2,13-14H2,1H3,(H,32,39)(H2,31,33,34)(H2,40,41,42). The molecular formula is C29H31N8O7P. The van der Waals surface area contributed by atoms with Crippen LogP contribution in [0.3, 0.4) is 0 Å². The van der Waals surface area contributed by atoms with Gasteiger partial charge in [0.15, 0.2) is 23.8 Å². The zero-order valence-electron chi connectivity index (χ0n) is 24.0. The van der Waals surface area contributed by atoms with Gasteiger partial charge in [-0.1, -0.05) is 36.4 Å². The number of benzene rings is 2. The molecule has 1 amide bonds. The van der Waals surface area contributed by atoms with Gasteiger partial charge in [0.25, 0.3) is 5.91 Å². The monoisotopic (exact) mass is 634 g/mol. The highest BCUT2D eigenvalue weighted by Crippen LogP contribution is 2.45. The molecule has 15 nitrogen and oxygen atoms in total. The first-order valence-electron chi connectivity index (χ1n) is 13.9. The number of carbonyl (C=O) groups is 1. The number of phosphoric acid groups is 1. The zero-order chi connectivity index (χ0) is 32.1. The van der Waals surface area contributed by atoms with E-state index in [1.165, 1.54) is 17.2 Å². The second-order valence-corrected chi connectivity index (χ2v) is 11.3. The van der Waals surface area contributed by atoms with Crippen molar-refractivity contribution in [3.63, 3.8) is 0 Å². The SMILES string of the molecule is CCN(CCNC(=O)C1OC(n2cnc3c(N)ncnc32)C(OP(=O)(O)O)C1O)c1ccc(C=Cc2ccc(C#N)cc2)cc1. The number of imidazole rings is 1. The van der Waals surface area contributed by atoms with E-state index in [0.29, 0.717) is 18.7 Å². The summed E-state index contributed by atoms with van der Waals surface area (Å²) in [4.78, 5) is 46.2. The highest BCUT2D eigenvalue weighted by atomic mass is 31.2. The van der Waals surface area contributed by atoms with Gasteiger partial charge in [-0.05, 0) is 42.3 Å². The summed E-state index contributed by atoms with van der Waals surface area (Å²) in [5, 5.41) is 22.6. The number of amides is 1. The van der Waals surface area contributed by atoms with Crippen LogP contribution < -0.4 is 16.0 Å². The van der Waals surface area contributed by atoms with E-state index in [0.717, 1.165) is 16.8 Å². The molecule has 2 aromatic carbocycles. The number of nitrogens with two attached hydrogens (primary N) is 1. The van der Waals surface area contributed by atoms with E-state index in [1.54, 1.807) is 12.1 Å². The van der Waals surface area contributed by atoms with Gasteiger partial charge in [0.2, 0.25) is 0 Å². The van der Waals surface area contributed by atoms with Crippen molar-refractivity contribution >= 4 is 48.6 Å². The number of nitrogens with one attached hydrogen (secondary N) is 1. The number of likely N-dealkylation sites (N-methyl/N-ethyl adjacent to an activating group) is 1. The largest absolute Gasteiger partial charge is 0.470 e. The van der Waals surface area contributed by atoms with Crippen molar-refractivity contribution in [2.45, 2.75) is 31.5 Å². The average Bonchev–Trinajstić information content (AvgIpc) is 3.59. The van der Waals surface area contributed by atoms with Crippen LogP contribution in [0.2, 0.25) is 0 Å². The van der Waals surface area contributed by atoms with Crippen molar-refractivity contribution in [3.05, 3.63) is 77.9 Å². The van der Waals surface area contributed by atoms with E-state index in [1.807, 2.05) is 60.4 Å². The van der Waals surface area contributed by atoms with E-state index in [4.69, 9.17) is 20.3 Å². The second-order valence-electron chi connectivity index (χ2n) is 10.1. The molecule has 4 unspecified atom stereocenters. The van der Waals surface area contributed by atoms with Crippen LogP contribution in [0.4, 0.5) is 11.5 Å². The number of fused-ring (bicyclic) bond motifs is 1. The molecule has 4 aromatic rings. The lowest BCUT2D eigenvalue weighted by Gasteiger charge is -2.24.